The lowest BCUT2D eigenvalue weighted by atomic mass is 9.98. The summed E-state index contributed by atoms with van der Waals surface area (Å²) >= 11 is 1.42. The van der Waals surface area contributed by atoms with Crippen molar-refractivity contribution < 1.29 is 9.59 Å². The number of thiazole rings is 1. The minimum atomic E-state index is -0.308. The van der Waals surface area contributed by atoms with E-state index in [-0.39, 0.29) is 11.8 Å². The number of carbonyl (C=O) groups is 2. The quantitative estimate of drug-likeness (QED) is 0.845. The third-order valence-electron chi connectivity index (χ3n) is 4.62. The van der Waals surface area contributed by atoms with E-state index in [0.29, 0.717) is 35.8 Å². The van der Waals surface area contributed by atoms with Gasteiger partial charge in [0.25, 0.3) is 11.8 Å². The number of amides is 2. The van der Waals surface area contributed by atoms with Gasteiger partial charge in [0.2, 0.25) is 0 Å². The van der Waals surface area contributed by atoms with Crippen molar-refractivity contribution >= 4 is 28.8 Å². The van der Waals surface area contributed by atoms with Gasteiger partial charge in [-0.1, -0.05) is 19.1 Å². The van der Waals surface area contributed by atoms with E-state index in [1.165, 1.54) is 11.3 Å². The van der Waals surface area contributed by atoms with Gasteiger partial charge in [-0.2, -0.15) is 0 Å². The molecule has 1 fully saturated rings. The standard InChI is InChI=1S/C19H24N4O2S/c1-13-7-10-23(11-8-13)19(25)14-4-2-3-5-15(14)22-18(24)16-12-26-17(21-16)6-9-20/h2-5,12-13H,6-11,20H2,1H3,(H,22,24). The Labute approximate surface area is 157 Å². The summed E-state index contributed by atoms with van der Waals surface area (Å²) in [5.74, 6) is 0.313. The molecule has 0 unspecified atom stereocenters. The minimum absolute atomic E-state index is 0.0325. The molecule has 1 aromatic carbocycles. The number of benzene rings is 1. The Hall–Kier alpha value is -2.25. The lowest BCUT2D eigenvalue weighted by Crippen LogP contribution is -2.38. The number of rotatable bonds is 5. The molecule has 0 spiro atoms. The van der Waals surface area contributed by atoms with Crippen LogP contribution in [0.3, 0.4) is 0 Å². The van der Waals surface area contributed by atoms with E-state index in [2.05, 4.69) is 17.2 Å². The average molecular weight is 372 g/mol. The van der Waals surface area contributed by atoms with Crippen molar-refractivity contribution in [2.24, 2.45) is 11.7 Å². The molecule has 2 amide bonds. The second kappa shape index (κ2) is 8.42. The molecule has 2 heterocycles. The summed E-state index contributed by atoms with van der Waals surface area (Å²) < 4.78 is 0. The van der Waals surface area contributed by atoms with Crippen LogP contribution in [0.25, 0.3) is 0 Å². The second-order valence-electron chi connectivity index (χ2n) is 6.64. The Morgan fingerprint density at radius 2 is 2.04 bits per heavy atom. The monoisotopic (exact) mass is 372 g/mol. The summed E-state index contributed by atoms with van der Waals surface area (Å²) in [6.07, 6.45) is 2.69. The average Bonchev–Trinajstić information content (AvgIpc) is 3.11. The molecule has 138 valence electrons. The van der Waals surface area contributed by atoms with E-state index < -0.39 is 0 Å². The summed E-state index contributed by atoms with van der Waals surface area (Å²) in [5, 5.41) is 5.39. The number of carbonyl (C=O) groups excluding carboxylic acids is 2. The molecule has 6 nitrogen and oxygen atoms in total. The van der Waals surface area contributed by atoms with Gasteiger partial charge in [-0.05, 0) is 37.4 Å². The van der Waals surface area contributed by atoms with Gasteiger partial charge in [0.15, 0.2) is 0 Å². The van der Waals surface area contributed by atoms with Crippen molar-refractivity contribution in [3.8, 4) is 0 Å². The Morgan fingerprint density at radius 1 is 1.31 bits per heavy atom. The third-order valence-corrected chi connectivity index (χ3v) is 5.53. The molecule has 1 aromatic heterocycles. The van der Waals surface area contributed by atoms with Crippen LogP contribution in [0.4, 0.5) is 5.69 Å². The van der Waals surface area contributed by atoms with E-state index >= 15 is 0 Å². The zero-order valence-corrected chi connectivity index (χ0v) is 15.7. The third kappa shape index (κ3) is 4.28. The highest BCUT2D eigenvalue weighted by atomic mass is 32.1. The number of anilines is 1. The summed E-state index contributed by atoms with van der Waals surface area (Å²) in [6, 6.07) is 7.14. The van der Waals surface area contributed by atoms with Gasteiger partial charge < -0.3 is 16.0 Å². The molecule has 1 aliphatic rings. The first-order valence-electron chi connectivity index (χ1n) is 8.92. The summed E-state index contributed by atoms with van der Waals surface area (Å²) in [7, 11) is 0. The van der Waals surface area contributed by atoms with Crippen LogP contribution in [-0.2, 0) is 6.42 Å². The zero-order chi connectivity index (χ0) is 18.5. The fourth-order valence-corrected chi connectivity index (χ4v) is 3.79. The Bertz CT molecular complexity index is 781. The van der Waals surface area contributed by atoms with Crippen LogP contribution in [-0.4, -0.2) is 41.3 Å². The molecule has 0 atom stereocenters. The number of nitrogens with one attached hydrogen (secondary N) is 1. The highest BCUT2D eigenvalue weighted by molar-refractivity contribution is 7.09. The lowest BCUT2D eigenvalue weighted by Gasteiger charge is -2.30. The van der Waals surface area contributed by atoms with Crippen LogP contribution < -0.4 is 11.1 Å². The number of nitrogens with zero attached hydrogens (tertiary/aromatic N) is 2. The first-order chi connectivity index (χ1) is 12.6. The van der Waals surface area contributed by atoms with Crippen molar-refractivity contribution in [1.29, 1.82) is 0 Å². The fourth-order valence-electron chi connectivity index (χ4n) is 3.00. The van der Waals surface area contributed by atoms with E-state index in [4.69, 9.17) is 5.73 Å². The number of hydrogen-bond donors (Lipinski definition) is 2. The van der Waals surface area contributed by atoms with Crippen LogP contribution in [0.5, 0.6) is 0 Å². The summed E-state index contributed by atoms with van der Waals surface area (Å²) in [5.41, 5.74) is 6.92. The second-order valence-corrected chi connectivity index (χ2v) is 7.58. The molecule has 3 rings (SSSR count). The summed E-state index contributed by atoms with van der Waals surface area (Å²) in [4.78, 5) is 31.6. The SMILES string of the molecule is CC1CCN(C(=O)c2ccccc2NC(=O)c2csc(CCN)n2)CC1. The van der Waals surface area contributed by atoms with Gasteiger partial charge in [0.05, 0.1) is 16.3 Å². The number of nitrogens with two attached hydrogens (primary N) is 1. The molecule has 1 aliphatic heterocycles. The number of aromatic nitrogens is 1. The molecule has 0 aliphatic carbocycles. The molecule has 0 saturated carbocycles. The van der Waals surface area contributed by atoms with E-state index in [1.54, 1.807) is 17.5 Å². The van der Waals surface area contributed by atoms with Crippen LogP contribution in [0.1, 0.15) is 45.6 Å². The lowest BCUT2D eigenvalue weighted by molar-refractivity contribution is 0.0698. The van der Waals surface area contributed by atoms with E-state index in [0.717, 1.165) is 30.9 Å². The zero-order valence-electron chi connectivity index (χ0n) is 14.9. The van der Waals surface area contributed by atoms with Gasteiger partial charge in [0, 0.05) is 24.9 Å². The van der Waals surface area contributed by atoms with Gasteiger partial charge in [-0.25, -0.2) is 4.98 Å². The predicted octanol–water partition coefficient (Wildman–Crippen LogP) is 2.77. The van der Waals surface area contributed by atoms with Crippen molar-refractivity contribution in [3.63, 3.8) is 0 Å². The van der Waals surface area contributed by atoms with Gasteiger partial charge >= 0.3 is 0 Å². The molecule has 7 heteroatoms. The smallest absolute Gasteiger partial charge is 0.275 e. The maximum atomic E-state index is 12.9. The Balaban J connectivity index is 1.74. The maximum Gasteiger partial charge on any atom is 0.275 e. The fraction of sp³-hybridized carbons (Fsp3) is 0.421. The van der Waals surface area contributed by atoms with E-state index in [1.807, 2.05) is 17.0 Å². The van der Waals surface area contributed by atoms with Crippen LogP contribution in [0.15, 0.2) is 29.6 Å². The molecule has 26 heavy (non-hydrogen) atoms. The minimum Gasteiger partial charge on any atom is -0.339 e. The van der Waals surface area contributed by atoms with Crippen LogP contribution in [0, 0.1) is 5.92 Å². The van der Waals surface area contributed by atoms with Gasteiger partial charge in [0.1, 0.15) is 5.69 Å². The number of para-hydroxylation sites is 1. The Morgan fingerprint density at radius 3 is 2.77 bits per heavy atom. The molecule has 3 N–H and O–H groups in total. The summed E-state index contributed by atoms with van der Waals surface area (Å²) in [6.45, 7) is 4.23. The molecule has 0 bridgehead atoms. The molecule has 2 aromatic rings. The van der Waals surface area contributed by atoms with Crippen molar-refractivity contribution in [2.75, 3.05) is 25.0 Å². The first-order valence-corrected chi connectivity index (χ1v) is 9.80. The van der Waals surface area contributed by atoms with Crippen LogP contribution in [0.2, 0.25) is 0 Å². The highest BCUT2D eigenvalue weighted by Gasteiger charge is 2.24. The van der Waals surface area contributed by atoms with Crippen molar-refractivity contribution in [1.82, 2.24) is 9.88 Å². The maximum absolute atomic E-state index is 12.9. The largest absolute Gasteiger partial charge is 0.339 e. The molecule has 1 saturated heterocycles. The van der Waals surface area contributed by atoms with Gasteiger partial charge in [-0.3, -0.25) is 9.59 Å². The van der Waals surface area contributed by atoms with Gasteiger partial charge in [-0.15, -0.1) is 11.3 Å². The number of piperidine rings is 1. The first kappa shape index (κ1) is 18.5. The van der Waals surface area contributed by atoms with Crippen molar-refractivity contribution in [3.05, 3.63) is 45.9 Å². The topological polar surface area (TPSA) is 88.3 Å². The molecule has 0 radical (unpaired) electrons. The number of likely N-dealkylation sites (tertiary alicyclic amines) is 1. The van der Waals surface area contributed by atoms with E-state index in [9.17, 15) is 9.59 Å². The van der Waals surface area contributed by atoms with Crippen molar-refractivity contribution in [2.45, 2.75) is 26.2 Å². The highest BCUT2D eigenvalue weighted by Crippen LogP contribution is 2.23. The number of hydrogen-bond acceptors (Lipinski definition) is 5. The Kier molecular flexibility index (Phi) is 6.00. The normalized spacial score (nSPS) is 15.1. The predicted molar refractivity (Wildman–Crippen MR) is 104 cm³/mol. The molecular weight excluding hydrogens is 348 g/mol. The van der Waals surface area contributed by atoms with Crippen LogP contribution >= 0.6 is 11.3 Å². The molecular formula is C19H24N4O2S.